The molecule has 6 heteroatoms. The molecule has 2 aromatic carbocycles. The molecule has 0 amide bonds. The fourth-order valence-electron chi connectivity index (χ4n) is 2.18. The Morgan fingerprint density at radius 3 is 2.58 bits per heavy atom. The molecule has 124 valence electrons. The molecule has 0 aliphatic rings. The van der Waals surface area contributed by atoms with Crippen molar-refractivity contribution < 1.29 is 9.26 Å². The summed E-state index contributed by atoms with van der Waals surface area (Å²) in [5.74, 6) is 2.07. The van der Waals surface area contributed by atoms with Gasteiger partial charge < -0.3 is 9.26 Å². The molecule has 0 saturated heterocycles. The largest absolute Gasteiger partial charge is 0.492 e. The first kappa shape index (κ1) is 16.7. The number of hydrogen-bond donors (Lipinski definition) is 0. The molecule has 0 radical (unpaired) electrons. The standard InChI is InChI=1S/C18H18BrN3O2/c1-22(11-12-23-16-9-7-15(19)8-10-16)13-17-20-18(21-24-17)14-5-3-2-4-6-14/h2-10H,11-13H2,1H3. The van der Waals surface area contributed by atoms with E-state index in [2.05, 4.69) is 31.0 Å². The molecule has 3 rings (SSSR count). The van der Waals surface area contributed by atoms with Crippen LogP contribution in [0.1, 0.15) is 5.89 Å². The third-order valence-corrected chi connectivity index (χ3v) is 3.99. The first-order chi connectivity index (χ1) is 11.7. The second-order valence-corrected chi connectivity index (χ2v) is 6.33. The van der Waals surface area contributed by atoms with Crippen molar-refractivity contribution in [3.63, 3.8) is 0 Å². The lowest BCUT2D eigenvalue weighted by molar-refractivity contribution is 0.213. The van der Waals surface area contributed by atoms with Crippen molar-refractivity contribution >= 4 is 15.9 Å². The van der Waals surface area contributed by atoms with Crippen LogP contribution in [0.25, 0.3) is 11.4 Å². The summed E-state index contributed by atoms with van der Waals surface area (Å²) in [5.41, 5.74) is 0.953. The van der Waals surface area contributed by atoms with Gasteiger partial charge >= 0.3 is 0 Å². The average Bonchev–Trinajstić information content (AvgIpc) is 3.06. The molecular weight excluding hydrogens is 370 g/mol. The van der Waals surface area contributed by atoms with Crippen LogP contribution in [0.3, 0.4) is 0 Å². The quantitative estimate of drug-likeness (QED) is 0.612. The van der Waals surface area contributed by atoms with Gasteiger partial charge in [-0.1, -0.05) is 51.4 Å². The van der Waals surface area contributed by atoms with Crippen molar-refractivity contribution in [3.8, 4) is 17.1 Å². The highest BCUT2D eigenvalue weighted by Crippen LogP contribution is 2.17. The number of ether oxygens (including phenoxy) is 1. The van der Waals surface area contributed by atoms with Crippen molar-refractivity contribution in [1.29, 1.82) is 0 Å². The van der Waals surface area contributed by atoms with E-state index in [9.17, 15) is 0 Å². The molecule has 0 saturated carbocycles. The van der Waals surface area contributed by atoms with E-state index in [-0.39, 0.29) is 0 Å². The van der Waals surface area contributed by atoms with E-state index in [1.165, 1.54) is 0 Å². The lowest BCUT2D eigenvalue weighted by Crippen LogP contribution is -2.24. The molecule has 0 unspecified atom stereocenters. The van der Waals surface area contributed by atoms with Crippen molar-refractivity contribution in [2.24, 2.45) is 0 Å². The SMILES string of the molecule is CN(CCOc1ccc(Br)cc1)Cc1nc(-c2ccccc2)no1. The number of likely N-dealkylation sites (N-methyl/N-ethyl adjacent to an activating group) is 1. The van der Waals surface area contributed by atoms with E-state index in [0.717, 1.165) is 22.3 Å². The number of rotatable bonds is 7. The normalized spacial score (nSPS) is 11.0. The Hall–Kier alpha value is -2.18. The Balaban J connectivity index is 1.47. The minimum Gasteiger partial charge on any atom is -0.492 e. The van der Waals surface area contributed by atoms with Crippen molar-refractivity contribution in [2.45, 2.75) is 6.54 Å². The number of hydrogen-bond acceptors (Lipinski definition) is 5. The van der Waals surface area contributed by atoms with Gasteiger partial charge in [0.05, 0.1) is 6.54 Å². The molecule has 1 aromatic heterocycles. The van der Waals surface area contributed by atoms with E-state index < -0.39 is 0 Å². The van der Waals surface area contributed by atoms with Crippen LogP contribution < -0.4 is 4.74 Å². The van der Waals surface area contributed by atoms with Gasteiger partial charge in [-0.15, -0.1) is 0 Å². The Bertz CT molecular complexity index is 759. The van der Waals surface area contributed by atoms with Crippen LogP contribution in [-0.4, -0.2) is 35.2 Å². The Labute approximate surface area is 149 Å². The van der Waals surface area contributed by atoms with Crippen LogP contribution in [0.4, 0.5) is 0 Å². The Morgan fingerprint density at radius 1 is 1.08 bits per heavy atom. The Morgan fingerprint density at radius 2 is 1.83 bits per heavy atom. The number of nitrogens with zero attached hydrogens (tertiary/aromatic N) is 3. The minimum atomic E-state index is 0.587. The predicted molar refractivity (Wildman–Crippen MR) is 95.7 cm³/mol. The second kappa shape index (κ2) is 8.08. The smallest absolute Gasteiger partial charge is 0.241 e. The molecule has 0 N–H and O–H groups in total. The Kier molecular flexibility index (Phi) is 5.61. The van der Waals surface area contributed by atoms with Crippen molar-refractivity contribution in [1.82, 2.24) is 15.0 Å². The van der Waals surface area contributed by atoms with E-state index in [4.69, 9.17) is 9.26 Å². The minimum absolute atomic E-state index is 0.587. The van der Waals surface area contributed by atoms with Gasteiger partial charge in [0.1, 0.15) is 12.4 Å². The zero-order valence-electron chi connectivity index (χ0n) is 13.4. The summed E-state index contributed by atoms with van der Waals surface area (Å²) < 4.78 is 12.1. The van der Waals surface area contributed by atoms with Crippen LogP contribution in [0.5, 0.6) is 5.75 Å². The maximum atomic E-state index is 5.71. The number of aromatic nitrogens is 2. The first-order valence-electron chi connectivity index (χ1n) is 7.65. The maximum absolute atomic E-state index is 5.71. The summed E-state index contributed by atoms with van der Waals surface area (Å²) in [6.07, 6.45) is 0. The highest BCUT2D eigenvalue weighted by Gasteiger charge is 2.10. The number of benzene rings is 2. The molecule has 0 spiro atoms. The van der Waals surface area contributed by atoms with Crippen LogP contribution in [0.15, 0.2) is 63.6 Å². The van der Waals surface area contributed by atoms with E-state index in [0.29, 0.717) is 24.9 Å². The lowest BCUT2D eigenvalue weighted by atomic mass is 10.2. The lowest BCUT2D eigenvalue weighted by Gasteiger charge is -2.14. The fourth-order valence-corrected chi connectivity index (χ4v) is 2.45. The van der Waals surface area contributed by atoms with Gasteiger partial charge in [-0.05, 0) is 31.3 Å². The van der Waals surface area contributed by atoms with Crippen LogP contribution in [0, 0.1) is 0 Å². The van der Waals surface area contributed by atoms with E-state index in [1.807, 2.05) is 61.6 Å². The second-order valence-electron chi connectivity index (χ2n) is 5.42. The molecular formula is C18H18BrN3O2. The van der Waals surface area contributed by atoms with Gasteiger partial charge in [0.25, 0.3) is 0 Å². The zero-order valence-corrected chi connectivity index (χ0v) is 14.9. The molecule has 24 heavy (non-hydrogen) atoms. The van der Waals surface area contributed by atoms with Gasteiger partial charge in [0.2, 0.25) is 11.7 Å². The zero-order chi connectivity index (χ0) is 16.8. The van der Waals surface area contributed by atoms with E-state index in [1.54, 1.807) is 0 Å². The van der Waals surface area contributed by atoms with Crippen molar-refractivity contribution in [2.75, 3.05) is 20.2 Å². The number of halogens is 1. The predicted octanol–water partition coefficient (Wildman–Crippen LogP) is 4.01. The highest BCUT2D eigenvalue weighted by molar-refractivity contribution is 9.10. The summed E-state index contributed by atoms with van der Waals surface area (Å²) in [7, 11) is 2.00. The first-order valence-corrected chi connectivity index (χ1v) is 8.45. The van der Waals surface area contributed by atoms with Crippen molar-refractivity contribution in [3.05, 3.63) is 65.0 Å². The molecule has 0 aliphatic heterocycles. The topological polar surface area (TPSA) is 51.4 Å². The molecule has 0 aliphatic carbocycles. The van der Waals surface area contributed by atoms with E-state index >= 15 is 0 Å². The third kappa shape index (κ3) is 4.66. The molecule has 3 aromatic rings. The highest BCUT2D eigenvalue weighted by atomic mass is 79.9. The summed E-state index contributed by atoms with van der Waals surface area (Å²) in [4.78, 5) is 6.52. The summed E-state index contributed by atoms with van der Waals surface area (Å²) in [5, 5.41) is 4.03. The summed E-state index contributed by atoms with van der Waals surface area (Å²) >= 11 is 3.41. The third-order valence-electron chi connectivity index (χ3n) is 3.46. The molecule has 5 nitrogen and oxygen atoms in total. The maximum Gasteiger partial charge on any atom is 0.241 e. The van der Waals surface area contributed by atoms with Crippen LogP contribution in [0.2, 0.25) is 0 Å². The van der Waals surface area contributed by atoms with Gasteiger partial charge in [-0.2, -0.15) is 4.98 Å². The summed E-state index contributed by atoms with van der Waals surface area (Å²) in [6.45, 7) is 1.94. The average molecular weight is 388 g/mol. The van der Waals surface area contributed by atoms with Gasteiger partial charge in [0, 0.05) is 16.6 Å². The monoisotopic (exact) mass is 387 g/mol. The molecule has 0 fully saturated rings. The summed E-state index contributed by atoms with van der Waals surface area (Å²) in [6, 6.07) is 17.6. The van der Waals surface area contributed by atoms with Gasteiger partial charge in [0.15, 0.2) is 0 Å². The van der Waals surface area contributed by atoms with Gasteiger partial charge in [-0.3, -0.25) is 4.90 Å². The molecule has 1 heterocycles. The molecule has 0 atom stereocenters. The van der Waals surface area contributed by atoms with Crippen LogP contribution in [-0.2, 0) is 6.54 Å². The molecule has 0 bridgehead atoms. The van der Waals surface area contributed by atoms with Crippen LogP contribution >= 0.6 is 15.9 Å². The fraction of sp³-hybridized carbons (Fsp3) is 0.222. The van der Waals surface area contributed by atoms with Gasteiger partial charge in [-0.25, -0.2) is 0 Å².